The zero-order valence-corrected chi connectivity index (χ0v) is 11.6. The van der Waals surface area contributed by atoms with Crippen LogP contribution in [-0.2, 0) is 11.2 Å². The summed E-state index contributed by atoms with van der Waals surface area (Å²) in [5, 5.41) is 21.8. The van der Waals surface area contributed by atoms with Crippen molar-refractivity contribution in [3.63, 3.8) is 0 Å². The summed E-state index contributed by atoms with van der Waals surface area (Å²) in [6.07, 6.45) is 2.12. The highest BCUT2D eigenvalue weighted by molar-refractivity contribution is 5.69. The third-order valence-electron chi connectivity index (χ3n) is 3.20. The summed E-state index contributed by atoms with van der Waals surface area (Å²) in [5.74, 6) is -0.913. The Morgan fingerprint density at radius 2 is 1.89 bits per heavy atom. The maximum absolute atomic E-state index is 10.6. The predicted octanol–water partition coefficient (Wildman–Crippen LogP) is 2.13. The normalized spacial score (nSPS) is 14.1. The molecule has 0 fully saturated rings. The summed E-state index contributed by atoms with van der Waals surface area (Å²) in [6.45, 7) is 3.92. The lowest BCUT2D eigenvalue weighted by Gasteiger charge is -2.22. The number of carboxylic acids is 1. The average molecular weight is 265 g/mol. The van der Waals surface area contributed by atoms with E-state index in [0.29, 0.717) is 6.42 Å². The molecule has 0 aromatic heterocycles. The standard InChI is InChI=1S/C15H23NO3/c1-3-5-11-6-8-12(9-7-11)15(19)13(4-2)16-10-14(17)18/h6-9,13,15-16,19H,3-5,10H2,1-2H3,(H,17,18). The Labute approximate surface area is 114 Å². The lowest BCUT2D eigenvalue weighted by atomic mass is 9.98. The number of benzene rings is 1. The van der Waals surface area contributed by atoms with E-state index in [1.54, 1.807) is 0 Å². The fourth-order valence-electron chi connectivity index (χ4n) is 2.10. The number of aliphatic carboxylic acids is 1. The van der Waals surface area contributed by atoms with Crippen molar-refractivity contribution in [2.24, 2.45) is 0 Å². The molecule has 2 atom stereocenters. The van der Waals surface area contributed by atoms with Gasteiger partial charge < -0.3 is 15.5 Å². The monoisotopic (exact) mass is 265 g/mol. The van der Waals surface area contributed by atoms with Crippen molar-refractivity contribution in [3.8, 4) is 0 Å². The number of aliphatic hydroxyl groups excluding tert-OH is 1. The van der Waals surface area contributed by atoms with E-state index in [0.717, 1.165) is 18.4 Å². The second-order valence-corrected chi connectivity index (χ2v) is 4.73. The van der Waals surface area contributed by atoms with E-state index in [1.807, 2.05) is 31.2 Å². The number of rotatable bonds is 8. The molecule has 1 rings (SSSR count). The highest BCUT2D eigenvalue weighted by Crippen LogP contribution is 2.19. The number of nitrogens with one attached hydrogen (secondary N) is 1. The summed E-state index contributed by atoms with van der Waals surface area (Å²) in [5.41, 5.74) is 2.08. The van der Waals surface area contributed by atoms with Gasteiger partial charge in [-0.05, 0) is 24.0 Å². The van der Waals surface area contributed by atoms with Crippen molar-refractivity contribution in [3.05, 3.63) is 35.4 Å². The minimum absolute atomic E-state index is 0.135. The molecule has 0 bridgehead atoms. The Morgan fingerprint density at radius 3 is 2.37 bits per heavy atom. The molecule has 0 saturated heterocycles. The maximum Gasteiger partial charge on any atom is 0.317 e. The van der Waals surface area contributed by atoms with Gasteiger partial charge in [-0.15, -0.1) is 0 Å². The molecule has 4 nitrogen and oxygen atoms in total. The van der Waals surface area contributed by atoms with Crippen LogP contribution in [0.2, 0.25) is 0 Å². The Morgan fingerprint density at radius 1 is 1.26 bits per heavy atom. The first-order valence-electron chi connectivity index (χ1n) is 6.80. The smallest absolute Gasteiger partial charge is 0.317 e. The first-order chi connectivity index (χ1) is 9.08. The quantitative estimate of drug-likeness (QED) is 0.673. The highest BCUT2D eigenvalue weighted by Gasteiger charge is 2.19. The van der Waals surface area contributed by atoms with E-state index in [9.17, 15) is 9.90 Å². The molecule has 19 heavy (non-hydrogen) atoms. The fraction of sp³-hybridized carbons (Fsp3) is 0.533. The Balaban J connectivity index is 2.67. The van der Waals surface area contributed by atoms with Crippen LogP contribution in [0.15, 0.2) is 24.3 Å². The van der Waals surface area contributed by atoms with Gasteiger partial charge in [0.05, 0.1) is 12.6 Å². The van der Waals surface area contributed by atoms with Crippen molar-refractivity contribution in [1.82, 2.24) is 5.32 Å². The predicted molar refractivity (Wildman–Crippen MR) is 75.1 cm³/mol. The Bertz CT molecular complexity index is 389. The van der Waals surface area contributed by atoms with Crippen LogP contribution in [0.1, 0.15) is 43.9 Å². The van der Waals surface area contributed by atoms with Gasteiger partial charge in [0.1, 0.15) is 0 Å². The largest absolute Gasteiger partial charge is 0.480 e. The van der Waals surface area contributed by atoms with Crippen LogP contribution in [0.3, 0.4) is 0 Å². The molecule has 2 unspecified atom stereocenters. The number of aryl methyl sites for hydroxylation is 1. The van der Waals surface area contributed by atoms with E-state index >= 15 is 0 Å². The molecule has 0 heterocycles. The molecule has 3 N–H and O–H groups in total. The molecule has 0 aliphatic heterocycles. The summed E-state index contributed by atoms with van der Waals surface area (Å²) in [6, 6.07) is 7.63. The molecular weight excluding hydrogens is 242 g/mol. The third-order valence-corrected chi connectivity index (χ3v) is 3.20. The minimum Gasteiger partial charge on any atom is -0.480 e. The van der Waals surface area contributed by atoms with Gasteiger partial charge in [-0.2, -0.15) is 0 Å². The van der Waals surface area contributed by atoms with Gasteiger partial charge in [-0.1, -0.05) is 44.5 Å². The van der Waals surface area contributed by atoms with Crippen LogP contribution in [0.5, 0.6) is 0 Å². The molecule has 1 aromatic carbocycles. The first kappa shape index (κ1) is 15.7. The molecule has 106 valence electrons. The molecule has 0 aliphatic carbocycles. The van der Waals surface area contributed by atoms with Gasteiger partial charge in [-0.3, -0.25) is 4.79 Å². The van der Waals surface area contributed by atoms with Crippen molar-refractivity contribution in [2.45, 2.75) is 45.3 Å². The van der Waals surface area contributed by atoms with Crippen molar-refractivity contribution >= 4 is 5.97 Å². The molecule has 0 spiro atoms. The average Bonchev–Trinajstić information content (AvgIpc) is 2.40. The van der Waals surface area contributed by atoms with Crippen LogP contribution in [0, 0.1) is 0 Å². The van der Waals surface area contributed by atoms with Gasteiger partial charge >= 0.3 is 5.97 Å². The fourth-order valence-corrected chi connectivity index (χ4v) is 2.10. The highest BCUT2D eigenvalue weighted by atomic mass is 16.4. The number of hydrogen-bond donors (Lipinski definition) is 3. The summed E-state index contributed by atoms with van der Waals surface area (Å²) in [7, 11) is 0. The zero-order valence-electron chi connectivity index (χ0n) is 11.6. The van der Waals surface area contributed by atoms with E-state index < -0.39 is 12.1 Å². The van der Waals surface area contributed by atoms with Crippen LogP contribution >= 0.6 is 0 Å². The Hall–Kier alpha value is -1.39. The van der Waals surface area contributed by atoms with Gasteiger partial charge in [0, 0.05) is 6.04 Å². The second-order valence-electron chi connectivity index (χ2n) is 4.73. The molecule has 4 heteroatoms. The van der Waals surface area contributed by atoms with E-state index in [2.05, 4.69) is 12.2 Å². The van der Waals surface area contributed by atoms with Gasteiger partial charge in [-0.25, -0.2) is 0 Å². The van der Waals surface area contributed by atoms with Crippen LogP contribution in [0.4, 0.5) is 0 Å². The molecule has 0 saturated carbocycles. The molecule has 0 aliphatic rings. The van der Waals surface area contributed by atoms with Gasteiger partial charge in [0.15, 0.2) is 0 Å². The third kappa shape index (κ3) is 5.01. The number of carbonyl (C=O) groups is 1. The lowest BCUT2D eigenvalue weighted by molar-refractivity contribution is -0.136. The molecule has 0 radical (unpaired) electrons. The lowest BCUT2D eigenvalue weighted by Crippen LogP contribution is -2.37. The Kier molecular flexibility index (Phi) is 6.53. The van der Waals surface area contributed by atoms with E-state index in [-0.39, 0.29) is 12.6 Å². The number of carboxylic acid groups (broad SMARTS) is 1. The van der Waals surface area contributed by atoms with Crippen molar-refractivity contribution in [1.29, 1.82) is 0 Å². The first-order valence-corrected chi connectivity index (χ1v) is 6.80. The maximum atomic E-state index is 10.6. The van der Waals surface area contributed by atoms with Gasteiger partial charge in [0.25, 0.3) is 0 Å². The van der Waals surface area contributed by atoms with Crippen LogP contribution < -0.4 is 5.32 Å². The zero-order chi connectivity index (χ0) is 14.3. The minimum atomic E-state index is -0.913. The van der Waals surface area contributed by atoms with E-state index in [1.165, 1.54) is 5.56 Å². The SMILES string of the molecule is CCCc1ccc(C(O)C(CC)NCC(=O)O)cc1. The summed E-state index contributed by atoms with van der Waals surface area (Å²) >= 11 is 0. The molecule has 1 aromatic rings. The summed E-state index contributed by atoms with van der Waals surface area (Å²) in [4.78, 5) is 10.6. The van der Waals surface area contributed by atoms with Gasteiger partial charge in [0.2, 0.25) is 0 Å². The molecule has 0 amide bonds. The molecular formula is C15H23NO3. The topological polar surface area (TPSA) is 69.6 Å². The summed E-state index contributed by atoms with van der Waals surface area (Å²) < 4.78 is 0. The van der Waals surface area contributed by atoms with E-state index in [4.69, 9.17) is 5.11 Å². The number of hydrogen-bond acceptors (Lipinski definition) is 3. The number of aliphatic hydroxyl groups is 1. The van der Waals surface area contributed by atoms with Crippen LogP contribution in [-0.4, -0.2) is 28.8 Å². The van der Waals surface area contributed by atoms with Crippen LogP contribution in [0.25, 0.3) is 0 Å². The van der Waals surface area contributed by atoms with Crippen molar-refractivity contribution < 1.29 is 15.0 Å². The van der Waals surface area contributed by atoms with Crippen molar-refractivity contribution in [2.75, 3.05) is 6.54 Å². The second kappa shape index (κ2) is 7.92.